The summed E-state index contributed by atoms with van der Waals surface area (Å²) in [5.41, 5.74) is 3.71. The third-order valence-electron chi connectivity index (χ3n) is 6.25. The zero-order valence-electron chi connectivity index (χ0n) is 19.8. The third-order valence-corrected chi connectivity index (χ3v) is 8.38. The molecule has 3 heterocycles. The Bertz CT molecular complexity index is 1520. The van der Waals surface area contributed by atoms with Crippen LogP contribution in [-0.2, 0) is 17.6 Å². The van der Waals surface area contributed by atoms with E-state index in [0.29, 0.717) is 33.1 Å². The van der Waals surface area contributed by atoms with E-state index in [9.17, 15) is 14.4 Å². The number of para-hydroxylation sites is 1. The number of ketones is 1. The lowest BCUT2D eigenvalue weighted by Gasteiger charge is -2.12. The summed E-state index contributed by atoms with van der Waals surface area (Å²) >= 11 is 2.81. The van der Waals surface area contributed by atoms with Gasteiger partial charge in [0.1, 0.15) is 4.83 Å². The molecule has 0 fully saturated rings. The Morgan fingerprint density at radius 1 is 1.20 bits per heavy atom. The van der Waals surface area contributed by atoms with Gasteiger partial charge in [-0.25, -0.2) is 9.78 Å². The van der Waals surface area contributed by atoms with E-state index in [1.165, 1.54) is 16.6 Å². The molecule has 0 amide bonds. The molecule has 0 unspecified atom stereocenters. The molecule has 7 nitrogen and oxygen atoms in total. The molecule has 35 heavy (non-hydrogen) atoms. The lowest BCUT2D eigenvalue weighted by atomic mass is 10.1. The van der Waals surface area contributed by atoms with E-state index >= 15 is 0 Å². The van der Waals surface area contributed by atoms with Gasteiger partial charge in [0.15, 0.2) is 10.9 Å². The number of aryl methyl sites for hydroxylation is 3. The molecule has 1 aliphatic rings. The number of thiophene rings is 1. The van der Waals surface area contributed by atoms with Crippen molar-refractivity contribution in [2.45, 2.75) is 45.2 Å². The van der Waals surface area contributed by atoms with Crippen LogP contribution in [0.1, 0.15) is 55.9 Å². The van der Waals surface area contributed by atoms with Crippen LogP contribution in [0.15, 0.2) is 40.3 Å². The predicted molar refractivity (Wildman–Crippen MR) is 139 cm³/mol. The molecule has 0 atom stereocenters. The second kappa shape index (κ2) is 9.47. The summed E-state index contributed by atoms with van der Waals surface area (Å²) in [7, 11) is 0. The number of ether oxygens (including phenoxy) is 1. The first-order valence-electron chi connectivity index (χ1n) is 11.6. The minimum Gasteiger partial charge on any atom is -0.462 e. The monoisotopic (exact) mass is 507 g/mol. The van der Waals surface area contributed by atoms with Crippen molar-refractivity contribution in [3.63, 3.8) is 0 Å². The second-order valence-electron chi connectivity index (χ2n) is 8.47. The van der Waals surface area contributed by atoms with Gasteiger partial charge >= 0.3 is 5.97 Å². The first-order valence-corrected chi connectivity index (χ1v) is 13.4. The van der Waals surface area contributed by atoms with Gasteiger partial charge in [-0.15, -0.1) is 11.3 Å². The highest BCUT2D eigenvalue weighted by molar-refractivity contribution is 7.99. The predicted octanol–water partition coefficient (Wildman–Crippen LogP) is 5.03. The van der Waals surface area contributed by atoms with Crippen LogP contribution in [0.25, 0.3) is 15.9 Å². The molecular formula is C26H25N3O4S2. The Labute approximate surface area is 210 Å². The second-order valence-corrected chi connectivity index (χ2v) is 10.5. The number of nitrogens with zero attached hydrogens (tertiary/aromatic N) is 2. The fourth-order valence-corrected chi connectivity index (χ4v) is 6.85. The molecule has 9 heteroatoms. The van der Waals surface area contributed by atoms with Gasteiger partial charge in [-0.1, -0.05) is 30.0 Å². The number of nitrogens with one attached hydrogen (secondary N) is 1. The Kier molecular flexibility index (Phi) is 6.37. The van der Waals surface area contributed by atoms with Crippen LogP contribution in [0.2, 0.25) is 0 Å². The standard InChI is InChI=1S/C26H25N3O4S2/c1-4-33-25(32)20-14(2)22(27-15(20)3)18(30)13-34-26-28-23-21(17-11-8-12-19(17)35-23)24(31)29(26)16-9-6-5-7-10-16/h5-7,9-10,27H,4,8,11-13H2,1-3H3. The van der Waals surface area contributed by atoms with Crippen LogP contribution in [0.5, 0.6) is 0 Å². The Hall–Kier alpha value is -3.17. The number of carbonyl (C=O) groups excluding carboxylic acids is 2. The van der Waals surface area contributed by atoms with Gasteiger partial charge in [0.05, 0.1) is 34.7 Å². The topological polar surface area (TPSA) is 94.1 Å². The number of aromatic nitrogens is 3. The number of carbonyl (C=O) groups is 2. The average molecular weight is 508 g/mol. The molecule has 1 N–H and O–H groups in total. The number of H-pyrrole nitrogens is 1. The highest BCUT2D eigenvalue weighted by atomic mass is 32.2. The van der Waals surface area contributed by atoms with E-state index in [2.05, 4.69) is 4.98 Å². The van der Waals surface area contributed by atoms with E-state index in [0.717, 1.165) is 35.3 Å². The van der Waals surface area contributed by atoms with Crippen LogP contribution in [-0.4, -0.2) is 38.6 Å². The number of rotatable bonds is 7. The molecule has 4 aromatic rings. The van der Waals surface area contributed by atoms with Crippen molar-refractivity contribution < 1.29 is 14.3 Å². The molecule has 0 aliphatic heterocycles. The summed E-state index contributed by atoms with van der Waals surface area (Å²) in [5.74, 6) is -0.547. The van der Waals surface area contributed by atoms with Gasteiger partial charge < -0.3 is 9.72 Å². The fraction of sp³-hybridized carbons (Fsp3) is 0.308. The van der Waals surface area contributed by atoms with E-state index < -0.39 is 5.97 Å². The van der Waals surface area contributed by atoms with Crippen LogP contribution in [0.3, 0.4) is 0 Å². The number of fused-ring (bicyclic) bond motifs is 3. The molecule has 0 saturated heterocycles. The van der Waals surface area contributed by atoms with E-state index in [1.54, 1.807) is 36.7 Å². The molecule has 0 bridgehead atoms. The Morgan fingerprint density at radius 2 is 1.97 bits per heavy atom. The first-order chi connectivity index (χ1) is 16.9. The SMILES string of the molecule is CCOC(=O)c1c(C)[nH]c(C(=O)CSc2nc3sc4c(c3c(=O)n2-c2ccccc2)CCC4)c1C. The Balaban J connectivity index is 1.52. The number of hydrogen-bond donors (Lipinski definition) is 1. The van der Waals surface area contributed by atoms with Crippen LogP contribution in [0, 0.1) is 13.8 Å². The van der Waals surface area contributed by atoms with Gasteiger partial charge in [0.25, 0.3) is 5.56 Å². The molecule has 3 aromatic heterocycles. The van der Waals surface area contributed by atoms with Gasteiger partial charge in [-0.3, -0.25) is 14.2 Å². The summed E-state index contributed by atoms with van der Waals surface area (Å²) in [6, 6.07) is 9.41. The van der Waals surface area contributed by atoms with Crippen molar-refractivity contribution in [1.29, 1.82) is 0 Å². The zero-order chi connectivity index (χ0) is 24.7. The molecule has 0 radical (unpaired) electrons. The van der Waals surface area contributed by atoms with Gasteiger partial charge in [0, 0.05) is 10.6 Å². The van der Waals surface area contributed by atoms with Crippen molar-refractivity contribution >= 4 is 45.1 Å². The number of benzene rings is 1. The summed E-state index contributed by atoms with van der Waals surface area (Å²) in [4.78, 5) is 49.1. The van der Waals surface area contributed by atoms with Crippen molar-refractivity contribution in [3.8, 4) is 5.69 Å². The first kappa shape index (κ1) is 23.6. The van der Waals surface area contributed by atoms with E-state index in [-0.39, 0.29) is 23.7 Å². The largest absolute Gasteiger partial charge is 0.462 e. The maximum absolute atomic E-state index is 13.7. The molecule has 1 aliphatic carbocycles. The number of esters is 1. The minimum atomic E-state index is -0.443. The maximum Gasteiger partial charge on any atom is 0.340 e. The summed E-state index contributed by atoms with van der Waals surface area (Å²) in [6.45, 7) is 5.50. The molecule has 0 saturated carbocycles. The molecule has 1 aromatic carbocycles. The van der Waals surface area contributed by atoms with Crippen molar-refractivity contribution in [3.05, 3.63) is 73.6 Å². The zero-order valence-corrected chi connectivity index (χ0v) is 21.4. The van der Waals surface area contributed by atoms with Crippen LogP contribution in [0.4, 0.5) is 0 Å². The fourth-order valence-electron chi connectivity index (χ4n) is 4.67. The number of aromatic amines is 1. The van der Waals surface area contributed by atoms with Crippen molar-refractivity contribution in [1.82, 2.24) is 14.5 Å². The number of Topliss-reactive ketones (excluding diaryl/α,β-unsaturated/α-hetero) is 1. The van der Waals surface area contributed by atoms with Crippen molar-refractivity contribution in [2.24, 2.45) is 0 Å². The lowest BCUT2D eigenvalue weighted by Crippen LogP contribution is -2.22. The highest BCUT2D eigenvalue weighted by Crippen LogP contribution is 2.36. The smallest absolute Gasteiger partial charge is 0.340 e. The van der Waals surface area contributed by atoms with E-state index in [4.69, 9.17) is 9.72 Å². The minimum absolute atomic E-state index is 0.0684. The maximum atomic E-state index is 13.7. The quantitative estimate of drug-likeness (QED) is 0.163. The van der Waals surface area contributed by atoms with E-state index in [1.807, 2.05) is 30.3 Å². The third kappa shape index (κ3) is 4.12. The normalized spacial score (nSPS) is 12.8. The summed E-state index contributed by atoms with van der Waals surface area (Å²) in [5, 5.41) is 1.19. The molecule has 180 valence electrons. The van der Waals surface area contributed by atoms with Crippen LogP contribution >= 0.6 is 23.1 Å². The molecule has 5 rings (SSSR count). The highest BCUT2D eigenvalue weighted by Gasteiger charge is 2.26. The molecule has 0 spiro atoms. The number of hydrogen-bond acceptors (Lipinski definition) is 7. The van der Waals surface area contributed by atoms with Crippen molar-refractivity contribution in [2.75, 3.05) is 12.4 Å². The van der Waals surface area contributed by atoms with Crippen LogP contribution < -0.4 is 5.56 Å². The van der Waals surface area contributed by atoms with Gasteiger partial charge in [-0.05, 0) is 63.3 Å². The number of thioether (sulfide) groups is 1. The summed E-state index contributed by atoms with van der Waals surface area (Å²) < 4.78 is 6.75. The Morgan fingerprint density at radius 3 is 2.71 bits per heavy atom. The molecular weight excluding hydrogens is 482 g/mol. The van der Waals surface area contributed by atoms with Gasteiger partial charge in [0.2, 0.25) is 0 Å². The summed E-state index contributed by atoms with van der Waals surface area (Å²) in [6.07, 6.45) is 2.95. The van der Waals surface area contributed by atoms with Gasteiger partial charge in [-0.2, -0.15) is 0 Å². The lowest BCUT2D eigenvalue weighted by molar-refractivity contribution is 0.0525. The average Bonchev–Trinajstić information content (AvgIpc) is 3.51.